The first-order valence-electron chi connectivity index (χ1n) is 10.1. The number of aromatic nitrogens is 1. The second kappa shape index (κ2) is 13.4. The van der Waals surface area contributed by atoms with Gasteiger partial charge < -0.3 is 20.1 Å². The predicted molar refractivity (Wildman–Crippen MR) is 131 cm³/mol. The first kappa shape index (κ1) is 24.4. The van der Waals surface area contributed by atoms with E-state index < -0.39 is 0 Å². The van der Waals surface area contributed by atoms with Crippen molar-refractivity contribution in [2.75, 3.05) is 53.6 Å². The highest BCUT2D eigenvalue weighted by molar-refractivity contribution is 14.0. The highest BCUT2D eigenvalue weighted by Gasteiger charge is 2.23. The SMILES string of the molecule is CN=C(NCCc1ccccn1)NCC(c1ccc(OC)cc1)N1CCOCC1.I. The van der Waals surface area contributed by atoms with Crippen LogP contribution in [-0.4, -0.2) is 69.4 Å². The molecule has 2 heterocycles. The second-order valence-electron chi connectivity index (χ2n) is 6.89. The smallest absolute Gasteiger partial charge is 0.191 e. The highest BCUT2D eigenvalue weighted by atomic mass is 127. The quantitative estimate of drug-likeness (QED) is 0.314. The molecule has 3 rings (SSSR count). The number of hydrogen-bond donors (Lipinski definition) is 2. The van der Waals surface area contributed by atoms with Gasteiger partial charge in [-0.1, -0.05) is 18.2 Å². The fourth-order valence-electron chi connectivity index (χ4n) is 3.44. The Morgan fingerprint density at radius 1 is 1.17 bits per heavy atom. The van der Waals surface area contributed by atoms with E-state index >= 15 is 0 Å². The highest BCUT2D eigenvalue weighted by Crippen LogP contribution is 2.23. The summed E-state index contributed by atoms with van der Waals surface area (Å²) in [5, 5.41) is 6.87. The van der Waals surface area contributed by atoms with Crippen LogP contribution in [0.25, 0.3) is 0 Å². The van der Waals surface area contributed by atoms with Crippen molar-refractivity contribution in [1.29, 1.82) is 0 Å². The summed E-state index contributed by atoms with van der Waals surface area (Å²) in [5.41, 5.74) is 2.32. The fourth-order valence-corrected chi connectivity index (χ4v) is 3.44. The first-order chi connectivity index (χ1) is 14.3. The van der Waals surface area contributed by atoms with Crippen molar-refractivity contribution in [1.82, 2.24) is 20.5 Å². The molecule has 2 aromatic rings. The van der Waals surface area contributed by atoms with Crippen molar-refractivity contribution in [2.24, 2.45) is 4.99 Å². The van der Waals surface area contributed by atoms with Crippen LogP contribution < -0.4 is 15.4 Å². The van der Waals surface area contributed by atoms with E-state index in [0.29, 0.717) is 0 Å². The number of benzene rings is 1. The van der Waals surface area contributed by atoms with Gasteiger partial charge in [0.15, 0.2) is 5.96 Å². The number of methoxy groups -OCH3 is 1. The van der Waals surface area contributed by atoms with E-state index in [1.165, 1.54) is 5.56 Å². The number of nitrogens with one attached hydrogen (secondary N) is 2. The van der Waals surface area contributed by atoms with Gasteiger partial charge in [0.1, 0.15) is 5.75 Å². The number of rotatable bonds is 8. The minimum Gasteiger partial charge on any atom is -0.497 e. The van der Waals surface area contributed by atoms with Crippen LogP contribution in [0.1, 0.15) is 17.3 Å². The molecule has 1 atom stereocenters. The molecule has 0 radical (unpaired) electrons. The number of ether oxygens (including phenoxy) is 2. The zero-order chi connectivity index (χ0) is 20.3. The molecule has 1 aliphatic heterocycles. The Morgan fingerprint density at radius 3 is 2.57 bits per heavy atom. The summed E-state index contributed by atoms with van der Waals surface area (Å²) in [7, 11) is 3.49. The lowest BCUT2D eigenvalue weighted by atomic mass is 10.0. The molecule has 1 fully saturated rings. The molecule has 1 saturated heterocycles. The number of nitrogens with zero attached hydrogens (tertiary/aromatic N) is 3. The molecule has 1 aromatic carbocycles. The first-order valence-corrected chi connectivity index (χ1v) is 10.1. The van der Waals surface area contributed by atoms with Crippen LogP contribution >= 0.6 is 24.0 Å². The maximum atomic E-state index is 5.54. The van der Waals surface area contributed by atoms with Crippen LogP contribution in [0.3, 0.4) is 0 Å². The summed E-state index contributed by atoms with van der Waals surface area (Å²) in [6, 6.07) is 14.5. The molecule has 0 aliphatic carbocycles. The molecule has 1 aromatic heterocycles. The fraction of sp³-hybridized carbons (Fsp3) is 0.455. The number of guanidine groups is 1. The van der Waals surface area contributed by atoms with Crippen molar-refractivity contribution in [3.8, 4) is 5.75 Å². The number of morpholine rings is 1. The van der Waals surface area contributed by atoms with Gasteiger partial charge in [0.2, 0.25) is 0 Å². The predicted octanol–water partition coefficient (Wildman–Crippen LogP) is 2.49. The van der Waals surface area contributed by atoms with E-state index in [1.54, 1.807) is 14.2 Å². The van der Waals surface area contributed by atoms with Crippen LogP contribution in [0.5, 0.6) is 5.75 Å². The number of pyridine rings is 1. The summed E-state index contributed by atoms with van der Waals surface area (Å²) < 4.78 is 10.8. The zero-order valence-electron chi connectivity index (χ0n) is 17.7. The van der Waals surface area contributed by atoms with Gasteiger partial charge in [-0.2, -0.15) is 0 Å². The molecule has 0 bridgehead atoms. The van der Waals surface area contributed by atoms with Crippen molar-refractivity contribution in [3.05, 3.63) is 59.9 Å². The van der Waals surface area contributed by atoms with Gasteiger partial charge in [-0.25, -0.2) is 0 Å². The normalized spacial score (nSPS) is 15.7. The number of aliphatic imine (C=N–C) groups is 1. The Hall–Kier alpha value is -1.91. The maximum Gasteiger partial charge on any atom is 0.191 e. The van der Waals surface area contributed by atoms with Gasteiger partial charge in [0.05, 0.1) is 26.4 Å². The third-order valence-electron chi connectivity index (χ3n) is 5.07. The number of hydrogen-bond acceptors (Lipinski definition) is 5. The van der Waals surface area contributed by atoms with Gasteiger partial charge in [0.25, 0.3) is 0 Å². The largest absolute Gasteiger partial charge is 0.497 e. The minimum atomic E-state index is 0. The third kappa shape index (κ3) is 7.41. The van der Waals surface area contributed by atoms with E-state index in [2.05, 4.69) is 37.6 Å². The molecule has 0 spiro atoms. The maximum absolute atomic E-state index is 5.54. The zero-order valence-corrected chi connectivity index (χ0v) is 20.0. The molecule has 164 valence electrons. The van der Waals surface area contributed by atoms with Gasteiger partial charge in [0, 0.05) is 51.5 Å². The molecule has 0 saturated carbocycles. The molecular weight excluding hydrogens is 493 g/mol. The summed E-state index contributed by atoms with van der Waals surface area (Å²) in [6.07, 6.45) is 2.68. The molecule has 1 unspecified atom stereocenters. The average molecular weight is 525 g/mol. The van der Waals surface area contributed by atoms with E-state index in [0.717, 1.165) is 63.2 Å². The lowest BCUT2D eigenvalue weighted by Gasteiger charge is -2.35. The molecule has 2 N–H and O–H groups in total. The summed E-state index contributed by atoms with van der Waals surface area (Å²) in [6.45, 7) is 4.92. The molecule has 7 nitrogen and oxygen atoms in total. The van der Waals surface area contributed by atoms with Crippen LogP contribution in [0.15, 0.2) is 53.7 Å². The van der Waals surface area contributed by atoms with Crippen molar-refractivity contribution >= 4 is 29.9 Å². The lowest BCUT2D eigenvalue weighted by molar-refractivity contribution is 0.0170. The van der Waals surface area contributed by atoms with Gasteiger partial charge in [-0.05, 0) is 29.8 Å². The Bertz CT molecular complexity index is 752. The molecule has 0 amide bonds. The third-order valence-corrected chi connectivity index (χ3v) is 5.07. The van der Waals surface area contributed by atoms with E-state index in [4.69, 9.17) is 9.47 Å². The Labute approximate surface area is 196 Å². The standard InChI is InChI=1S/C22H31N5O2.HI/c1-23-22(25-12-10-19-5-3-4-11-24-19)26-17-21(27-13-15-29-16-14-27)18-6-8-20(28-2)9-7-18;/h3-9,11,21H,10,12-17H2,1-2H3,(H2,23,25,26);1H. The van der Waals surface area contributed by atoms with Crippen LogP contribution in [-0.2, 0) is 11.2 Å². The lowest BCUT2D eigenvalue weighted by Crippen LogP contribution is -2.46. The van der Waals surface area contributed by atoms with E-state index in [9.17, 15) is 0 Å². The Balaban J connectivity index is 0.00000320. The summed E-state index contributed by atoms with van der Waals surface area (Å²) in [5.74, 6) is 1.67. The summed E-state index contributed by atoms with van der Waals surface area (Å²) in [4.78, 5) is 11.2. The Kier molecular flexibility index (Phi) is 10.9. The van der Waals surface area contributed by atoms with E-state index in [1.807, 2.05) is 36.5 Å². The molecule has 8 heteroatoms. The van der Waals surface area contributed by atoms with Crippen LogP contribution in [0.4, 0.5) is 0 Å². The minimum absolute atomic E-state index is 0. The van der Waals surface area contributed by atoms with E-state index in [-0.39, 0.29) is 30.0 Å². The van der Waals surface area contributed by atoms with Crippen molar-refractivity contribution in [3.63, 3.8) is 0 Å². The molecule has 30 heavy (non-hydrogen) atoms. The average Bonchev–Trinajstić information content (AvgIpc) is 2.80. The van der Waals surface area contributed by atoms with Crippen molar-refractivity contribution < 1.29 is 9.47 Å². The van der Waals surface area contributed by atoms with Gasteiger partial charge in [-0.15, -0.1) is 24.0 Å². The molecule has 1 aliphatic rings. The molecular formula is C22H32IN5O2. The van der Waals surface area contributed by atoms with Crippen molar-refractivity contribution in [2.45, 2.75) is 12.5 Å². The van der Waals surface area contributed by atoms with Gasteiger partial charge >= 0.3 is 0 Å². The Morgan fingerprint density at radius 2 is 1.93 bits per heavy atom. The van der Waals surface area contributed by atoms with Crippen LogP contribution in [0, 0.1) is 0 Å². The number of halogens is 1. The van der Waals surface area contributed by atoms with Gasteiger partial charge in [-0.3, -0.25) is 14.9 Å². The monoisotopic (exact) mass is 525 g/mol. The second-order valence-corrected chi connectivity index (χ2v) is 6.89. The van der Waals surface area contributed by atoms with Crippen LogP contribution in [0.2, 0.25) is 0 Å². The summed E-state index contributed by atoms with van der Waals surface area (Å²) >= 11 is 0. The topological polar surface area (TPSA) is 71.0 Å².